The van der Waals surface area contributed by atoms with Crippen molar-refractivity contribution in [1.29, 1.82) is 0 Å². The van der Waals surface area contributed by atoms with Gasteiger partial charge in [0.2, 0.25) is 0 Å². The van der Waals surface area contributed by atoms with E-state index in [9.17, 15) is 8.42 Å². The first-order valence-electron chi connectivity index (χ1n) is 3.72. The molecule has 0 bridgehead atoms. The van der Waals surface area contributed by atoms with E-state index in [-0.39, 0.29) is 60.2 Å². The molecule has 86 valence electrons. The fourth-order valence-electron chi connectivity index (χ4n) is 0.793. The molecule has 2 N–H and O–H groups in total. The first kappa shape index (κ1) is 21.3. The normalized spacial score (nSPS) is 9.00. The standard InChI is InChI=1S/C9H10O3S.Ca.2H2O/c1-2-8-12-13(10,11)9-6-4-3-5-7-9;;;/h2-7H,1,8H2;;2*1H2/q;+2;;/p-2. The summed E-state index contributed by atoms with van der Waals surface area (Å²) in [5, 5.41) is 0. The van der Waals surface area contributed by atoms with Gasteiger partial charge in [-0.3, -0.25) is 4.18 Å². The van der Waals surface area contributed by atoms with Gasteiger partial charge in [-0.05, 0) is 12.1 Å². The molecule has 1 aromatic carbocycles. The Labute approximate surface area is 125 Å². The second-order valence-corrected chi connectivity index (χ2v) is 3.96. The van der Waals surface area contributed by atoms with Gasteiger partial charge in [0.15, 0.2) is 0 Å². The summed E-state index contributed by atoms with van der Waals surface area (Å²) in [5.74, 6) is 0. The molecule has 0 fully saturated rings. The van der Waals surface area contributed by atoms with Crippen LogP contribution in [0.3, 0.4) is 0 Å². The summed E-state index contributed by atoms with van der Waals surface area (Å²) >= 11 is 0. The number of hydrogen-bond donors (Lipinski definition) is 0. The van der Waals surface area contributed by atoms with Crippen molar-refractivity contribution in [3.8, 4) is 0 Å². The smallest absolute Gasteiger partial charge is 0.870 e. The second kappa shape index (κ2) is 10.2. The van der Waals surface area contributed by atoms with Gasteiger partial charge >= 0.3 is 37.7 Å². The third-order valence-corrected chi connectivity index (χ3v) is 2.67. The predicted octanol–water partition coefficient (Wildman–Crippen LogP) is 0.844. The number of hydrogen-bond acceptors (Lipinski definition) is 5. The van der Waals surface area contributed by atoms with Crippen LogP contribution in [0.5, 0.6) is 0 Å². The molecule has 1 rings (SSSR count). The van der Waals surface area contributed by atoms with Crippen molar-refractivity contribution in [2.24, 2.45) is 0 Å². The van der Waals surface area contributed by atoms with E-state index in [0.29, 0.717) is 0 Å². The largest absolute Gasteiger partial charge is 2.00 e. The summed E-state index contributed by atoms with van der Waals surface area (Å²) in [6.07, 6.45) is 1.39. The number of rotatable bonds is 4. The van der Waals surface area contributed by atoms with Gasteiger partial charge in [-0.2, -0.15) is 8.42 Å². The molecule has 0 unspecified atom stereocenters. The predicted molar refractivity (Wildman–Crippen MR) is 59.4 cm³/mol. The third kappa shape index (κ3) is 6.59. The summed E-state index contributed by atoms with van der Waals surface area (Å²) in [5.41, 5.74) is 0. The van der Waals surface area contributed by atoms with Gasteiger partial charge in [0, 0.05) is 0 Å². The molecule has 16 heavy (non-hydrogen) atoms. The topological polar surface area (TPSA) is 103 Å². The van der Waals surface area contributed by atoms with Crippen LogP contribution in [0, 0.1) is 0 Å². The van der Waals surface area contributed by atoms with E-state index in [1.807, 2.05) is 0 Å². The Balaban J connectivity index is -0.000000563. The maximum Gasteiger partial charge on any atom is 2.00 e. The minimum Gasteiger partial charge on any atom is -0.870 e. The van der Waals surface area contributed by atoms with Gasteiger partial charge in [0.25, 0.3) is 10.1 Å². The maximum absolute atomic E-state index is 11.3. The molecular weight excluding hydrogens is 260 g/mol. The Hall–Kier alpha value is 0.0497. The summed E-state index contributed by atoms with van der Waals surface area (Å²) in [6, 6.07) is 8.00. The van der Waals surface area contributed by atoms with Crippen LogP contribution < -0.4 is 0 Å². The minimum atomic E-state index is -3.59. The zero-order chi connectivity index (χ0) is 9.73. The monoisotopic (exact) mass is 272 g/mol. The summed E-state index contributed by atoms with van der Waals surface area (Å²) in [7, 11) is -3.59. The van der Waals surface area contributed by atoms with E-state index in [4.69, 9.17) is 0 Å². The van der Waals surface area contributed by atoms with Gasteiger partial charge < -0.3 is 11.0 Å². The summed E-state index contributed by atoms with van der Waals surface area (Å²) in [4.78, 5) is 0.164. The molecule has 0 atom stereocenters. The van der Waals surface area contributed by atoms with Crippen LogP contribution >= 0.6 is 0 Å². The van der Waals surface area contributed by atoms with Gasteiger partial charge in [-0.25, -0.2) is 0 Å². The van der Waals surface area contributed by atoms with Crippen molar-refractivity contribution < 1.29 is 23.6 Å². The van der Waals surface area contributed by atoms with Crippen molar-refractivity contribution in [2.45, 2.75) is 4.90 Å². The average Bonchev–Trinajstić information content (AvgIpc) is 2.16. The molecule has 0 saturated heterocycles. The SMILES string of the molecule is C=CCOS(=O)(=O)c1ccccc1.[Ca+2].[OH-].[OH-]. The van der Waals surface area contributed by atoms with Gasteiger partial charge in [0.05, 0.1) is 11.5 Å². The van der Waals surface area contributed by atoms with E-state index in [1.54, 1.807) is 18.2 Å². The van der Waals surface area contributed by atoms with Crippen LogP contribution in [0.1, 0.15) is 0 Å². The van der Waals surface area contributed by atoms with Crippen molar-refractivity contribution in [2.75, 3.05) is 6.61 Å². The molecule has 0 amide bonds. The molecule has 0 aliphatic heterocycles. The molecule has 0 aliphatic carbocycles. The molecule has 0 saturated carbocycles. The Kier molecular flexibility index (Phi) is 13.6. The van der Waals surface area contributed by atoms with Crippen molar-refractivity contribution >= 4 is 47.9 Å². The van der Waals surface area contributed by atoms with Crippen LogP contribution in [0.25, 0.3) is 0 Å². The first-order valence-corrected chi connectivity index (χ1v) is 5.13. The van der Waals surface area contributed by atoms with E-state index >= 15 is 0 Å². The Morgan fingerprint density at radius 3 is 2.12 bits per heavy atom. The zero-order valence-electron chi connectivity index (χ0n) is 8.61. The van der Waals surface area contributed by atoms with Crippen LogP contribution in [0.15, 0.2) is 47.9 Å². The van der Waals surface area contributed by atoms with Gasteiger partial charge in [0.1, 0.15) is 0 Å². The fourth-order valence-corrected chi connectivity index (χ4v) is 1.69. The maximum atomic E-state index is 11.3. The molecule has 5 nitrogen and oxygen atoms in total. The minimum absolute atomic E-state index is 0. The summed E-state index contributed by atoms with van der Waals surface area (Å²) < 4.78 is 27.3. The van der Waals surface area contributed by atoms with Crippen LogP contribution in [0.2, 0.25) is 0 Å². The zero-order valence-corrected chi connectivity index (χ0v) is 11.6. The second-order valence-electron chi connectivity index (χ2n) is 2.34. The molecule has 0 radical (unpaired) electrons. The van der Waals surface area contributed by atoms with E-state index in [2.05, 4.69) is 10.8 Å². The van der Waals surface area contributed by atoms with Crippen molar-refractivity contribution in [3.63, 3.8) is 0 Å². The summed E-state index contributed by atoms with van der Waals surface area (Å²) in [6.45, 7) is 3.37. The van der Waals surface area contributed by atoms with Gasteiger partial charge in [-0.1, -0.05) is 24.3 Å². The molecule has 0 spiro atoms. The van der Waals surface area contributed by atoms with Crippen molar-refractivity contribution in [1.82, 2.24) is 0 Å². The van der Waals surface area contributed by atoms with Gasteiger partial charge in [-0.15, -0.1) is 6.58 Å². The Bertz CT molecular complexity index is 376. The van der Waals surface area contributed by atoms with Crippen LogP contribution in [-0.4, -0.2) is 63.7 Å². The van der Waals surface area contributed by atoms with E-state index in [0.717, 1.165) is 0 Å². The number of benzene rings is 1. The van der Waals surface area contributed by atoms with E-state index in [1.165, 1.54) is 18.2 Å². The quantitative estimate of drug-likeness (QED) is 0.459. The van der Waals surface area contributed by atoms with Crippen LogP contribution in [0.4, 0.5) is 0 Å². The molecule has 0 aromatic heterocycles. The van der Waals surface area contributed by atoms with Crippen LogP contribution in [-0.2, 0) is 14.3 Å². The Morgan fingerprint density at radius 2 is 1.69 bits per heavy atom. The first-order chi connectivity index (χ1) is 6.17. The average molecular weight is 272 g/mol. The molecular formula is C9H12CaO5S. The third-order valence-electron chi connectivity index (χ3n) is 1.37. The fraction of sp³-hybridized carbons (Fsp3) is 0.111. The molecule has 0 heterocycles. The van der Waals surface area contributed by atoms with Crippen molar-refractivity contribution in [3.05, 3.63) is 43.0 Å². The molecule has 0 aliphatic rings. The molecule has 7 heteroatoms. The Morgan fingerprint density at radius 1 is 1.19 bits per heavy atom. The molecule has 1 aromatic rings. The van der Waals surface area contributed by atoms with E-state index < -0.39 is 10.1 Å².